The Bertz CT molecular complexity index is 961. The van der Waals surface area contributed by atoms with Crippen LogP contribution in [0.3, 0.4) is 0 Å². The fourth-order valence-corrected chi connectivity index (χ4v) is 2.92. The lowest BCUT2D eigenvalue weighted by molar-refractivity contribution is 0.629. The number of hydrogen-bond acceptors (Lipinski definition) is 1. The van der Waals surface area contributed by atoms with Crippen molar-refractivity contribution < 1.29 is 4.39 Å². The zero-order chi connectivity index (χ0) is 14.9. The Labute approximate surface area is 128 Å². The van der Waals surface area contributed by atoms with Gasteiger partial charge in [0, 0.05) is 17.2 Å². The van der Waals surface area contributed by atoms with E-state index in [0.29, 0.717) is 0 Å². The smallest absolute Gasteiger partial charge is 0.123 e. The minimum absolute atomic E-state index is 0.227. The number of rotatable bonds is 2. The SMILES string of the molecule is Fc1ccc2nc(Cc3ccccc3)c3ccccc3c2c1. The highest BCUT2D eigenvalue weighted by atomic mass is 19.1. The molecular formula is C20H14FN. The Balaban J connectivity index is 1.99. The molecule has 0 saturated heterocycles. The number of pyridine rings is 1. The summed E-state index contributed by atoms with van der Waals surface area (Å²) in [6, 6.07) is 23.2. The number of nitrogens with zero attached hydrogens (tertiary/aromatic N) is 1. The van der Waals surface area contributed by atoms with Gasteiger partial charge >= 0.3 is 0 Å². The molecule has 0 N–H and O–H groups in total. The second-order valence-electron chi connectivity index (χ2n) is 5.43. The second-order valence-corrected chi connectivity index (χ2v) is 5.43. The molecule has 1 heterocycles. The Morgan fingerprint density at radius 1 is 0.727 bits per heavy atom. The van der Waals surface area contributed by atoms with Crippen LogP contribution < -0.4 is 0 Å². The van der Waals surface area contributed by atoms with Gasteiger partial charge in [0.2, 0.25) is 0 Å². The van der Waals surface area contributed by atoms with E-state index in [-0.39, 0.29) is 5.82 Å². The molecule has 4 aromatic rings. The molecule has 22 heavy (non-hydrogen) atoms. The van der Waals surface area contributed by atoms with Gasteiger partial charge in [0.15, 0.2) is 0 Å². The molecule has 0 saturated carbocycles. The number of benzene rings is 3. The molecule has 0 radical (unpaired) electrons. The summed E-state index contributed by atoms with van der Waals surface area (Å²) in [5.74, 6) is -0.227. The van der Waals surface area contributed by atoms with Crippen molar-refractivity contribution in [1.82, 2.24) is 4.98 Å². The molecule has 0 aliphatic rings. The summed E-state index contributed by atoms with van der Waals surface area (Å²) in [4.78, 5) is 4.77. The van der Waals surface area contributed by atoms with Crippen LogP contribution in [0.4, 0.5) is 4.39 Å². The van der Waals surface area contributed by atoms with Crippen LogP contribution in [0.25, 0.3) is 21.7 Å². The van der Waals surface area contributed by atoms with Crippen molar-refractivity contribution >= 4 is 21.7 Å². The van der Waals surface area contributed by atoms with Crippen LogP contribution in [0.1, 0.15) is 11.3 Å². The monoisotopic (exact) mass is 287 g/mol. The Hall–Kier alpha value is -2.74. The Kier molecular flexibility index (Phi) is 3.08. The molecule has 0 amide bonds. The highest BCUT2D eigenvalue weighted by Gasteiger charge is 2.09. The van der Waals surface area contributed by atoms with Gasteiger partial charge in [0.25, 0.3) is 0 Å². The van der Waals surface area contributed by atoms with Crippen LogP contribution in [0.2, 0.25) is 0 Å². The predicted octanol–water partition coefficient (Wildman–Crippen LogP) is 5.12. The minimum Gasteiger partial charge on any atom is -0.252 e. The summed E-state index contributed by atoms with van der Waals surface area (Å²) in [5, 5.41) is 3.01. The van der Waals surface area contributed by atoms with Gasteiger partial charge in [-0.05, 0) is 29.1 Å². The molecule has 0 fully saturated rings. The maximum Gasteiger partial charge on any atom is 0.123 e. The molecular weight excluding hydrogens is 273 g/mol. The van der Waals surface area contributed by atoms with Crippen molar-refractivity contribution in [3.8, 4) is 0 Å². The average Bonchev–Trinajstić information content (AvgIpc) is 2.57. The maximum absolute atomic E-state index is 13.6. The molecule has 0 atom stereocenters. The fourth-order valence-electron chi connectivity index (χ4n) is 2.92. The van der Waals surface area contributed by atoms with Crippen LogP contribution in [-0.2, 0) is 6.42 Å². The average molecular weight is 287 g/mol. The van der Waals surface area contributed by atoms with Gasteiger partial charge in [0.05, 0.1) is 11.2 Å². The molecule has 0 aliphatic carbocycles. The lowest BCUT2D eigenvalue weighted by Gasteiger charge is -2.10. The van der Waals surface area contributed by atoms with Crippen LogP contribution in [-0.4, -0.2) is 4.98 Å². The summed E-state index contributed by atoms with van der Waals surface area (Å²) in [6.45, 7) is 0. The molecule has 4 rings (SSSR count). The highest BCUT2D eigenvalue weighted by Crippen LogP contribution is 2.28. The lowest BCUT2D eigenvalue weighted by Crippen LogP contribution is -1.96. The van der Waals surface area contributed by atoms with Crippen molar-refractivity contribution in [1.29, 1.82) is 0 Å². The molecule has 0 bridgehead atoms. The van der Waals surface area contributed by atoms with E-state index in [1.807, 2.05) is 36.4 Å². The molecule has 0 unspecified atom stereocenters. The summed E-state index contributed by atoms with van der Waals surface area (Å²) in [6.07, 6.45) is 0.772. The minimum atomic E-state index is -0.227. The topological polar surface area (TPSA) is 12.9 Å². The molecule has 1 nitrogen and oxygen atoms in total. The molecule has 1 aromatic heterocycles. The second kappa shape index (κ2) is 5.23. The summed E-state index contributed by atoms with van der Waals surface area (Å²) >= 11 is 0. The fraction of sp³-hybridized carbons (Fsp3) is 0.0500. The summed E-state index contributed by atoms with van der Waals surface area (Å²) in [5.41, 5.74) is 3.09. The maximum atomic E-state index is 13.6. The third-order valence-electron chi connectivity index (χ3n) is 3.96. The molecule has 0 aliphatic heterocycles. The van der Waals surface area contributed by atoms with E-state index in [1.54, 1.807) is 12.1 Å². The number of aromatic nitrogens is 1. The van der Waals surface area contributed by atoms with Gasteiger partial charge in [0.1, 0.15) is 5.82 Å². The molecule has 2 heteroatoms. The standard InChI is InChI=1S/C20H14FN/c21-15-10-11-19-18(13-15)16-8-4-5-9-17(16)20(22-19)12-14-6-2-1-3-7-14/h1-11,13H,12H2. The van der Waals surface area contributed by atoms with Gasteiger partial charge < -0.3 is 0 Å². The summed E-state index contributed by atoms with van der Waals surface area (Å²) < 4.78 is 13.6. The van der Waals surface area contributed by atoms with Gasteiger partial charge in [-0.3, -0.25) is 4.98 Å². The van der Waals surface area contributed by atoms with Crippen LogP contribution in [0, 0.1) is 5.82 Å². The number of hydrogen-bond donors (Lipinski definition) is 0. The highest BCUT2D eigenvalue weighted by molar-refractivity contribution is 6.06. The van der Waals surface area contributed by atoms with Gasteiger partial charge in [-0.15, -0.1) is 0 Å². The van der Waals surface area contributed by atoms with Crippen molar-refractivity contribution in [3.63, 3.8) is 0 Å². The largest absolute Gasteiger partial charge is 0.252 e. The van der Waals surface area contributed by atoms with E-state index in [9.17, 15) is 4.39 Å². The zero-order valence-electron chi connectivity index (χ0n) is 12.0. The third-order valence-corrected chi connectivity index (χ3v) is 3.96. The van der Waals surface area contributed by atoms with E-state index in [2.05, 4.69) is 18.2 Å². The number of halogens is 1. The Morgan fingerprint density at radius 2 is 1.45 bits per heavy atom. The normalized spacial score (nSPS) is 11.1. The lowest BCUT2D eigenvalue weighted by atomic mass is 10.00. The summed E-state index contributed by atoms with van der Waals surface area (Å²) in [7, 11) is 0. The quantitative estimate of drug-likeness (QED) is 0.466. The third kappa shape index (κ3) is 2.23. The molecule has 0 spiro atoms. The van der Waals surface area contributed by atoms with Crippen molar-refractivity contribution in [2.24, 2.45) is 0 Å². The van der Waals surface area contributed by atoms with Gasteiger partial charge in [-0.1, -0.05) is 54.6 Å². The van der Waals surface area contributed by atoms with Crippen LogP contribution >= 0.6 is 0 Å². The van der Waals surface area contributed by atoms with E-state index in [0.717, 1.165) is 33.8 Å². The van der Waals surface area contributed by atoms with Gasteiger partial charge in [-0.2, -0.15) is 0 Å². The van der Waals surface area contributed by atoms with E-state index >= 15 is 0 Å². The van der Waals surface area contributed by atoms with E-state index in [1.165, 1.54) is 11.6 Å². The first-order valence-corrected chi connectivity index (χ1v) is 7.32. The Morgan fingerprint density at radius 3 is 2.27 bits per heavy atom. The predicted molar refractivity (Wildman–Crippen MR) is 88.5 cm³/mol. The van der Waals surface area contributed by atoms with Gasteiger partial charge in [-0.25, -0.2) is 4.39 Å². The molecule has 106 valence electrons. The van der Waals surface area contributed by atoms with Crippen molar-refractivity contribution in [2.45, 2.75) is 6.42 Å². The van der Waals surface area contributed by atoms with Crippen molar-refractivity contribution in [3.05, 3.63) is 89.9 Å². The first kappa shape index (κ1) is 13.0. The van der Waals surface area contributed by atoms with Crippen LogP contribution in [0.15, 0.2) is 72.8 Å². The van der Waals surface area contributed by atoms with Crippen molar-refractivity contribution in [2.75, 3.05) is 0 Å². The zero-order valence-corrected chi connectivity index (χ0v) is 12.0. The van der Waals surface area contributed by atoms with E-state index < -0.39 is 0 Å². The number of fused-ring (bicyclic) bond motifs is 3. The first-order valence-electron chi connectivity index (χ1n) is 7.32. The van der Waals surface area contributed by atoms with E-state index in [4.69, 9.17) is 4.98 Å². The van der Waals surface area contributed by atoms with Crippen LogP contribution in [0.5, 0.6) is 0 Å². The molecule has 3 aromatic carbocycles. The first-order chi connectivity index (χ1) is 10.8.